The number of nitrogens with zero attached hydrogens (tertiary/aromatic N) is 1. The van der Waals surface area contributed by atoms with Gasteiger partial charge in [-0.25, -0.2) is 0 Å². The van der Waals surface area contributed by atoms with Crippen LogP contribution in [0.4, 0.5) is 0 Å². The maximum atomic E-state index is 8.85. The highest BCUT2D eigenvalue weighted by Crippen LogP contribution is 2.04. The van der Waals surface area contributed by atoms with Crippen LogP contribution in [-0.4, -0.2) is 48.5 Å². The third-order valence-corrected chi connectivity index (χ3v) is 2.63. The van der Waals surface area contributed by atoms with Crippen LogP contribution >= 0.6 is 0 Å². The molecule has 0 fully saturated rings. The zero-order valence-electron chi connectivity index (χ0n) is 9.74. The summed E-state index contributed by atoms with van der Waals surface area (Å²) in [6.45, 7) is 6.73. The first-order chi connectivity index (χ1) is 6.60. The average Bonchev–Trinajstić information content (AvgIpc) is 2.22. The van der Waals surface area contributed by atoms with Crippen molar-refractivity contribution in [2.24, 2.45) is 11.8 Å². The van der Waals surface area contributed by atoms with E-state index in [1.807, 2.05) is 0 Å². The number of rotatable bonds is 8. The van der Waals surface area contributed by atoms with Crippen molar-refractivity contribution >= 4 is 0 Å². The van der Waals surface area contributed by atoms with Crippen LogP contribution in [0.3, 0.4) is 0 Å². The Morgan fingerprint density at radius 2 is 1.29 bits per heavy atom. The van der Waals surface area contributed by atoms with Crippen molar-refractivity contribution in [1.82, 2.24) is 4.90 Å². The summed E-state index contributed by atoms with van der Waals surface area (Å²) in [4.78, 5) is 2.26. The molecule has 0 saturated heterocycles. The van der Waals surface area contributed by atoms with E-state index in [1.165, 1.54) is 0 Å². The first kappa shape index (κ1) is 13.9. The van der Waals surface area contributed by atoms with Crippen molar-refractivity contribution in [3.05, 3.63) is 0 Å². The van der Waals surface area contributed by atoms with Gasteiger partial charge in [-0.2, -0.15) is 0 Å². The molecule has 0 aliphatic rings. The Hall–Kier alpha value is -0.120. The molecule has 0 saturated carbocycles. The first-order valence-electron chi connectivity index (χ1n) is 5.50. The van der Waals surface area contributed by atoms with Crippen LogP contribution in [0, 0.1) is 11.8 Å². The van der Waals surface area contributed by atoms with E-state index in [0.717, 1.165) is 25.9 Å². The summed E-state index contributed by atoms with van der Waals surface area (Å²) in [5.74, 6) is 0.792. The molecule has 0 rings (SSSR count). The molecule has 0 heterocycles. The van der Waals surface area contributed by atoms with Gasteiger partial charge in [0.1, 0.15) is 0 Å². The fraction of sp³-hybridized carbons (Fsp3) is 1.00. The van der Waals surface area contributed by atoms with Crippen LogP contribution in [0.25, 0.3) is 0 Å². The molecule has 0 spiro atoms. The van der Waals surface area contributed by atoms with Gasteiger partial charge in [-0.15, -0.1) is 0 Å². The second-order valence-electron chi connectivity index (χ2n) is 4.46. The maximum Gasteiger partial charge on any atom is 0.0457 e. The summed E-state index contributed by atoms with van der Waals surface area (Å²) in [7, 11) is 2.09. The average molecular weight is 203 g/mol. The molecule has 0 aromatic rings. The number of hydrogen-bond acceptors (Lipinski definition) is 3. The van der Waals surface area contributed by atoms with Crippen molar-refractivity contribution in [2.75, 3.05) is 33.4 Å². The molecular weight excluding hydrogens is 178 g/mol. The van der Waals surface area contributed by atoms with Crippen LogP contribution in [0.15, 0.2) is 0 Å². The van der Waals surface area contributed by atoms with Crippen molar-refractivity contribution in [3.63, 3.8) is 0 Å². The largest absolute Gasteiger partial charge is 0.396 e. The fourth-order valence-electron chi connectivity index (χ4n) is 1.18. The Kier molecular flexibility index (Phi) is 8.14. The summed E-state index contributed by atoms with van der Waals surface area (Å²) in [5.41, 5.74) is 0. The lowest BCUT2D eigenvalue weighted by Gasteiger charge is -2.19. The van der Waals surface area contributed by atoms with E-state index in [9.17, 15) is 0 Å². The van der Waals surface area contributed by atoms with E-state index in [-0.39, 0.29) is 13.2 Å². The Balaban J connectivity index is 3.40. The maximum absolute atomic E-state index is 8.85. The molecule has 86 valence electrons. The van der Waals surface area contributed by atoms with Gasteiger partial charge in [0.2, 0.25) is 0 Å². The quantitative estimate of drug-likeness (QED) is 0.617. The summed E-state index contributed by atoms with van der Waals surface area (Å²) >= 11 is 0. The fourth-order valence-corrected chi connectivity index (χ4v) is 1.18. The second kappa shape index (κ2) is 8.21. The number of aliphatic hydroxyl groups excluding tert-OH is 2. The predicted molar refractivity (Wildman–Crippen MR) is 59.2 cm³/mol. The molecule has 0 aliphatic carbocycles. The second-order valence-corrected chi connectivity index (χ2v) is 4.46. The van der Waals surface area contributed by atoms with Crippen molar-refractivity contribution in [2.45, 2.75) is 26.7 Å². The van der Waals surface area contributed by atoms with Crippen LogP contribution in [-0.2, 0) is 0 Å². The Morgan fingerprint density at radius 3 is 1.57 bits per heavy atom. The van der Waals surface area contributed by atoms with E-state index in [1.54, 1.807) is 0 Å². The molecule has 0 radical (unpaired) electrons. The smallest absolute Gasteiger partial charge is 0.0457 e. The molecule has 0 aromatic heterocycles. The molecule has 0 amide bonds. The van der Waals surface area contributed by atoms with E-state index >= 15 is 0 Å². The molecule has 3 heteroatoms. The van der Waals surface area contributed by atoms with Crippen LogP contribution < -0.4 is 0 Å². The molecule has 0 aliphatic heterocycles. The van der Waals surface area contributed by atoms with Gasteiger partial charge in [0.05, 0.1) is 0 Å². The number of aliphatic hydroxyl groups is 2. The van der Waals surface area contributed by atoms with Gasteiger partial charge in [0, 0.05) is 13.2 Å². The third kappa shape index (κ3) is 7.30. The molecule has 14 heavy (non-hydrogen) atoms. The van der Waals surface area contributed by atoms with Crippen LogP contribution in [0.1, 0.15) is 26.7 Å². The molecule has 2 unspecified atom stereocenters. The molecule has 2 N–H and O–H groups in total. The normalized spacial score (nSPS) is 15.9. The van der Waals surface area contributed by atoms with E-state index in [4.69, 9.17) is 10.2 Å². The predicted octanol–water partition coefficient (Wildman–Crippen LogP) is 0.955. The van der Waals surface area contributed by atoms with Crippen molar-refractivity contribution < 1.29 is 10.2 Å². The molecule has 0 aromatic carbocycles. The van der Waals surface area contributed by atoms with Gasteiger partial charge in [-0.05, 0) is 44.8 Å². The van der Waals surface area contributed by atoms with Gasteiger partial charge >= 0.3 is 0 Å². The zero-order valence-corrected chi connectivity index (χ0v) is 9.74. The molecule has 2 atom stereocenters. The SMILES string of the molecule is CC(CO)CCN(C)CCC(C)CO. The minimum atomic E-state index is 0.279. The Labute approximate surface area is 87.7 Å². The highest BCUT2D eigenvalue weighted by molar-refractivity contribution is 4.59. The molecular formula is C11H25NO2. The van der Waals surface area contributed by atoms with Gasteiger partial charge < -0.3 is 15.1 Å². The van der Waals surface area contributed by atoms with Crippen LogP contribution in [0.5, 0.6) is 0 Å². The molecule has 3 nitrogen and oxygen atoms in total. The van der Waals surface area contributed by atoms with E-state index < -0.39 is 0 Å². The zero-order chi connectivity index (χ0) is 11.0. The number of hydrogen-bond donors (Lipinski definition) is 2. The minimum absolute atomic E-state index is 0.279. The lowest BCUT2D eigenvalue weighted by Crippen LogP contribution is -2.24. The Bertz CT molecular complexity index is 116. The van der Waals surface area contributed by atoms with Gasteiger partial charge in [0.25, 0.3) is 0 Å². The summed E-state index contributed by atoms with van der Waals surface area (Å²) in [6, 6.07) is 0. The van der Waals surface area contributed by atoms with Gasteiger partial charge in [-0.1, -0.05) is 13.8 Å². The van der Waals surface area contributed by atoms with E-state index in [0.29, 0.717) is 11.8 Å². The summed E-state index contributed by atoms with van der Waals surface area (Å²) < 4.78 is 0. The lowest BCUT2D eigenvalue weighted by molar-refractivity contribution is 0.193. The standard InChI is InChI=1S/C11H25NO2/c1-10(8-13)4-6-12(3)7-5-11(2)9-14/h10-11,13-14H,4-9H2,1-3H3. The van der Waals surface area contributed by atoms with Gasteiger partial charge in [-0.3, -0.25) is 0 Å². The molecule has 0 bridgehead atoms. The highest BCUT2D eigenvalue weighted by atomic mass is 16.3. The van der Waals surface area contributed by atoms with Crippen molar-refractivity contribution in [3.8, 4) is 0 Å². The highest BCUT2D eigenvalue weighted by Gasteiger charge is 2.05. The lowest BCUT2D eigenvalue weighted by atomic mass is 10.1. The van der Waals surface area contributed by atoms with Crippen molar-refractivity contribution in [1.29, 1.82) is 0 Å². The Morgan fingerprint density at radius 1 is 0.929 bits per heavy atom. The first-order valence-corrected chi connectivity index (χ1v) is 5.50. The summed E-state index contributed by atoms with van der Waals surface area (Å²) in [5, 5.41) is 17.7. The van der Waals surface area contributed by atoms with Crippen LogP contribution in [0.2, 0.25) is 0 Å². The van der Waals surface area contributed by atoms with E-state index in [2.05, 4.69) is 25.8 Å². The summed E-state index contributed by atoms with van der Waals surface area (Å²) in [6.07, 6.45) is 2.08. The topological polar surface area (TPSA) is 43.7 Å². The third-order valence-electron chi connectivity index (χ3n) is 2.63. The monoisotopic (exact) mass is 203 g/mol. The van der Waals surface area contributed by atoms with Gasteiger partial charge in [0.15, 0.2) is 0 Å². The minimum Gasteiger partial charge on any atom is -0.396 e.